The van der Waals surface area contributed by atoms with Crippen molar-refractivity contribution in [2.24, 2.45) is 7.05 Å². The number of fused-ring (bicyclic) bond motifs is 1. The molecule has 0 bridgehead atoms. The minimum atomic E-state index is -0.992. The Hall–Kier alpha value is -1.69. The van der Waals surface area contributed by atoms with Gasteiger partial charge in [-0.05, 0) is 24.3 Å². The Morgan fingerprint density at radius 2 is 2.11 bits per heavy atom. The SMILES string of the molecule is CO[C@H]1C=C[C@@](OC)(c2nc3ccccc3n2C)O1. The molecular weight excluding hydrogens is 244 g/mol. The van der Waals surface area contributed by atoms with Crippen molar-refractivity contribution in [3.05, 3.63) is 42.2 Å². The van der Waals surface area contributed by atoms with Gasteiger partial charge in [0, 0.05) is 21.3 Å². The van der Waals surface area contributed by atoms with Crippen LogP contribution in [0.4, 0.5) is 0 Å². The van der Waals surface area contributed by atoms with Crippen molar-refractivity contribution < 1.29 is 14.2 Å². The summed E-state index contributed by atoms with van der Waals surface area (Å²) in [4.78, 5) is 4.61. The van der Waals surface area contributed by atoms with E-state index < -0.39 is 12.1 Å². The largest absolute Gasteiger partial charge is 0.352 e. The molecule has 2 atom stereocenters. The number of aromatic nitrogens is 2. The fraction of sp³-hybridized carbons (Fsp3) is 0.357. The summed E-state index contributed by atoms with van der Waals surface area (Å²) in [6, 6.07) is 7.93. The number of rotatable bonds is 3. The topological polar surface area (TPSA) is 45.5 Å². The Morgan fingerprint density at radius 1 is 1.32 bits per heavy atom. The van der Waals surface area contributed by atoms with Crippen LogP contribution < -0.4 is 0 Å². The van der Waals surface area contributed by atoms with Crippen LogP contribution in [0.5, 0.6) is 0 Å². The van der Waals surface area contributed by atoms with Crippen LogP contribution in [0.3, 0.4) is 0 Å². The molecule has 0 spiro atoms. The molecule has 2 aromatic rings. The quantitative estimate of drug-likeness (QED) is 0.791. The molecule has 5 nitrogen and oxygen atoms in total. The lowest BCUT2D eigenvalue weighted by atomic mass is 10.2. The zero-order valence-electron chi connectivity index (χ0n) is 11.2. The van der Waals surface area contributed by atoms with E-state index >= 15 is 0 Å². The molecule has 0 aliphatic carbocycles. The smallest absolute Gasteiger partial charge is 0.251 e. The summed E-state index contributed by atoms with van der Waals surface area (Å²) in [6.45, 7) is 0. The standard InChI is InChI=1S/C14H16N2O3/c1-16-11-7-5-4-6-10(11)15-13(16)14(18-3)9-8-12(17-2)19-14/h4-9,12H,1-3H3/t12-,14+/m1/s1. The van der Waals surface area contributed by atoms with E-state index in [1.165, 1.54) is 0 Å². The van der Waals surface area contributed by atoms with Gasteiger partial charge in [0.05, 0.1) is 11.0 Å². The number of benzene rings is 1. The highest BCUT2D eigenvalue weighted by Crippen LogP contribution is 2.35. The molecular formula is C14H16N2O3. The van der Waals surface area contributed by atoms with E-state index in [9.17, 15) is 0 Å². The van der Waals surface area contributed by atoms with Gasteiger partial charge in [-0.1, -0.05) is 12.1 Å². The van der Waals surface area contributed by atoms with Gasteiger partial charge in [0.25, 0.3) is 5.79 Å². The Bertz CT molecular complexity index is 635. The van der Waals surface area contributed by atoms with Gasteiger partial charge in [-0.3, -0.25) is 0 Å². The Morgan fingerprint density at radius 3 is 2.74 bits per heavy atom. The van der Waals surface area contributed by atoms with Gasteiger partial charge in [-0.25, -0.2) is 4.98 Å². The number of nitrogens with zero attached hydrogens (tertiary/aromatic N) is 2. The highest BCUT2D eigenvalue weighted by Gasteiger charge is 2.42. The molecule has 3 rings (SSSR count). The van der Waals surface area contributed by atoms with E-state index in [0.29, 0.717) is 5.82 Å². The highest BCUT2D eigenvalue weighted by atomic mass is 16.8. The van der Waals surface area contributed by atoms with Gasteiger partial charge < -0.3 is 18.8 Å². The maximum absolute atomic E-state index is 5.80. The van der Waals surface area contributed by atoms with E-state index in [-0.39, 0.29) is 0 Å². The van der Waals surface area contributed by atoms with Crippen molar-refractivity contribution in [1.29, 1.82) is 0 Å². The molecule has 0 unspecified atom stereocenters. The van der Waals surface area contributed by atoms with Gasteiger partial charge in [-0.2, -0.15) is 0 Å². The second kappa shape index (κ2) is 4.45. The average Bonchev–Trinajstić information content (AvgIpc) is 3.02. The minimum Gasteiger partial charge on any atom is -0.352 e. The van der Waals surface area contributed by atoms with Crippen LogP contribution in [0.1, 0.15) is 5.82 Å². The van der Waals surface area contributed by atoms with Gasteiger partial charge in [0.1, 0.15) is 0 Å². The Labute approximate surface area is 111 Å². The zero-order valence-corrected chi connectivity index (χ0v) is 11.2. The van der Waals surface area contributed by atoms with Crippen molar-refractivity contribution >= 4 is 11.0 Å². The van der Waals surface area contributed by atoms with Crippen LogP contribution in [-0.4, -0.2) is 30.1 Å². The van der Waals surface area contributed by atoms with E-state index in [2.05, 4.69) is 4.98 Å². The fourth-order valence-corrected chi connectivity index (χ4v) is 2.37. The molecule has 1 aromatic heterocycles. The van der Waals surface area contributed by atoms with E-state index in [1.54, 1.807) is 14.2 Å². The molecule has 0 saturated carbocycles. The van der Waals surface area contributed by atoms with Gasteiger partial charge >= 0.3 is 0 Å². The lowest BCUT2D eigenvalue weighted by Gasteiger charge is -2.26. The third-order valence-corrected chi connectivity index (χ3v) is 3.40. The first-order valence-electron chi connectivity index (χ1n) is 6.07. The molecule has 5 heteroatoms. The predicted octanol–water partition coefficient (Wildman–Crippen LogP) is 1.93. The second-order valence-corrected chi connectivity index (χ2v) is 4.44. The zero-order chi connectivity index (χ0) is 13.5. The number of ether oxygens (including phenoxy) is 3. The first kappa shape index (κ1) is 12.3. The summed E-state index contributed by atoms with van der Waals surface area (Å²) in [7, 11) is 5.14. The van der Waals surface area contributed by atoms with Crippen LogP contribution >= 0.6 is 0 Å². The Balaban J connectivity index is 2.13. The van der Waals surface area contributed by atoms with Crippen LogP contribution in [0.2, 0.25) is 0 Å². The maximum atomic E-state index is 5.80. The number of para-hydroxylation sites is 2. The molecule has 100 valence electrons. The van der Waals surface area contributed by atoms with Crippen LogP contribution in [-0.2, 0) is 27.0 Å². The molecule has 1 aromatic carbocycles. The van der Waals surface area contributed by atoms with Crippen LogP contribution in [0.15, 0.2) is 36.4 Å². The number of hydrogen-bond acceptors (Lipinski definition) is 4. The van der Waals surface area contributed by atoms with Gasteiger partial charge in [-0.15, -0.1) is 0 Å². The normalized spacial score (nSPS) is 26.4. The van der Waals surface area contributed by atoms with Crippen LogP contribution in [0, 0.1) is 0 Å². The van der Waals surface area contributed by atoms with Crippen LogP contribution in [0.25, 0.3) is 11.0 Å². The van der Waals surface area contributed by atoms with Crippen molar-refractivity contribution in [2.75, 3.05) is 14.2 Å². The summed E-state index contributed by atoms with van der Waals surface area (Å²) in [5, 5.41) is 0. The molecule has 0 saturated heterocycles. The number of methoxy groups -OCH3 is 2. The van der Waals surface area contributed by atoms with Crippen molar-refractivity contribution in [3.8, 4) is 0 Å². The number of hydrogen-bond donors (Lipinski definition) is 0. The van der Waals surface area contributed by atoms with Gasteiger partial charge in [0.2, 0.25) is 0 Å². The summed E-state index contributed by atoms with van der Waals surface area (Å²) < 4.78 is 18.5. The number of imidazole rings is 1. The van der Waals surface area contributed by atoms with E-state index in [4.69, 9.17) is 14.2 Å². The summed E-state index contributed by atoms with van der Waals surface area (Å²) in [5.41, 5.74) is 1.95. The molecule has 1 aliphatic heterocycles. The molecule has 2 heterocycles. The monoisotopic (exact) mass is 260 g/mol. The first-order valence-corrected chi connectivity index (χ1v) is 6.07. The third-order valence-electron chi connectivity index (χ3n) is 3.40. The summed E-state index contributed by atoms with van der Waals surface area (Å²) in [5.74, 6) is -0.291. The fourth-order valence-electron chi connectivity index (χ4n) is 2.37. The van der Waals surface area contributed by atoms with E-state index in [1.807, 2.05) is 48.0 Å². The molecule has 0 N–H and O–H groups in total. The molecule has 19 heavy (non-hydrogen) atoms. The molecule has 0 radical (unpaired) electrons. The van der Waals surface area contributed by atoms with E-state index in [0.717, 1.165) is 11.0 Å². The minimum absolute atomic E-state index is 0.417. The first-order chi connectivity index (χ1) is 9.20. The van der Waals surface area contributed by atoms with Gasteiger partial charge in [0.15, 0.2) is 12.1 Å². The number of aryl methyl sites for hydroxylation is 1. The lowest BCUT2D eigenvalue weighted by molar-refractivity contribution is -0.253. The van der Waals surface area contributed by atoms with Crippen molar-refractivity contribution in [1.82, 2.24) is 9.55 Å². The summed E-state index contributed by atoms with van der Waals surface area (Å²) >= 11 is 0. The second-order valence-electron chi connectivity index (χ2n) is 4.44. The highest BCUT2D eigenvalue weighted by molar-refractivity contribution is 5.76. The molecule has 0 amide bonds. The Kier molecular flexibility index (Phi) is 2.89. The molecule has 1 aliphatic rings. The predicted molar refractivity (Wildman–Crippen MR) is 70.4 cm³/mol. The molecule has 0 fully saturated rings. The maximum Gasteiger partial charge on any atom is 0.251 e. The lowest BCUT2D eigenvalue weighted by Crippen LogP contribution is -2.32. The third kappa shape index (κ3) is 1.78. The van der Waals surface area contributed by atoms with Crippen molar-refractivity contribution in [3.63, 3.8) is 0 Å². The average molecular weight is 260 g/mol. The summed E-state index contributed by atoms with van der Waals surface area (Å²) in [6.07, 6.45) is 3.24. The van der Waals surface area contributed by atoms with Crippen molar-refractivity contribution in [2.45, 2.75) is 12.1 Å².